The summed E-state index contributed by atoms with van der Waals surface area (Å²) in [6.45, 7) is 4.38. The number of hydrogen-bond acceptors (Lipinski definition) is 4. The molecule has 0 spiro atoms. The predicted molar refractivity (Wildman–Crippen MR) is 79.9 cm³/mol. The van der Waals surface area contributed by atoms with Crippen molar-refractivity contribution in [3.8, 4) is 0 Å². The lowest BCUT2D eigenvalue weighted by Crippen LogP contribution is -2.28. The molecule has 0 saturated carbocycles. The molecule has 3 nitrogen and oxygen atoms in total. The van der Waals surface area contributed by atoms with Gasteiger partial charge in [-0.2, -0.15) is 0 Å². The number of hydrogen-bond donors (Lipinski definition) is 1. The third-order valence-electron chi connectivity index (χ3n) is 2.99. The fourth-order valence-corrected chi connectivity index (χ4v) is 3.07. The van der Waals surface area contributed by atoms with Crippen molar-refractivity contribution in [1.82, 2.24) is 9.97 Å². The first-order chi connectivity index (χ1) is 9.18. The molecule has 1 heterocycles. The Morgan fingerprint density at radius 1 is 1.11 bits per heavy atom. The second kappa shape index (κ2) is 6.68. The van der Waals surface area contributed by atoms with E-state index >= 15 is 0 Å². The monoisotopic (exact) mass is 273 g/mol. The van der Waals surface area contributed by atoms with Crippen molar-refractivity contribution in [2.45, 2.75) is 30.2 Å². The second-order valence-corrected chi connectivity index (χ2v) is 6.00. The van der Waals surface area contributed by atoms with Crippen molar-refractivity contribution >= 4 is 11.8 Å². The van der Waals surface area contributed by atoms with Crippen LogP contribution >= 0.6 is 11.8 Å². The lowest BCUT2D eigenvalue weighted by Gasteiger charge is -2.26. The average molecular weight is 273 g/mol. The van der Waals surface area contributed by atoms with Crippen molar-refractivity contribution in [3.05, 3.63) is 54.5 Å². The molecule has 2 unspecified atom stereocenters. The highest BCUT2D eigenvalue weighted by Crippen LogP contribution is 2.34. The van der Waals surface area contributed by atoms with Gasteiger partial charge in [0.1, 0.15) is 5.03 Å². The molecule has 0 aliphatic heterocycles. The zero-order valence-corrected chi connectivity index (χ0v) is 12.0. The van der Waals surface area contributed by atoms with Crippen LogP contribution in [0.1, 0.15) is 25.5 Å². The molecule has 2 atom stereocenters. The number of nitrogens with zero attached hydrogens (tertiary/aromatic N) is 2. The van der Waals surface area contributed by atoms with Crippen molar-refractivity contribution < 1.29 is 0 Å². The Hall–Kier alpha value is -1.39. The highest BCUT2D eigenvalue weighted by molar-refractivity contribution is 7.99. The molecule has 0 fully saturated rings. The summed E-state index contributed by atoms with van der Waals surface area (Å²) in [6, 6.07) is 10.2. The predicted octanol–water partition coefficient (Wildman–Crippen LogP) is 3.29. The maximum Gasteiger partial charge on any atom is 0.115 e. The average Bonchev–Trinajstić information content (AvgIpc) is 2.46. The molecule has 19 heavy (non-hydrogen) atoms. The first-order valence-electron chi connectivity index (χ1n) is 6.41. The smallest absolute Gasteiger partial charge is 0.115 e. The summed E-state index contributed by atoms with van der Waals surface area (Å²) in [6.07, 6.45) is 5.19. The van der Waals surface area contributed by atoms with Crippen LogP contribution in [0.15, 0.2) is 53.9 Å². The molecule has 0 amide bonds. The number of thioether (sulfide) groups is 1. The standard InChI is InChI=1S/C15H19N3S/c1-11(2)15(19-13-10-17-8-9-18-13)14(16)12-6-4-3-5-7-12/h3-11,14-15H,16H2,1-2H3. The van der Waals surface area contributed by atoms with Crippen LogP contribution in [0.2, 0.25) is 0 Å². The SMILES string of the molecule is CC(C)C(Sc1cnccn1)C(N)c1ccccc1. The van der Waals surface area contributed by atoms with E-state index in [1.54, 1.807) is 30.4 Å². The van der Waals surface area contributed by atoms with Gasteiger partial charge in [-0.05, 0) is 11.5 Å². The fraction of sp³-hybridized carbons (Fsp3) is 0.333. The number of benzene rings is 1. The molecule has 0 bridgehead atoms. The molecule has 0 radical (unpaired) electrons. The van der Waals surface area contributed by atoms with Gasteiger partial charge < -0.3 is 5.73 Å². The van der Waals surface area contributed by atoms with Crippen molar-refractivity contribution in [3.63, 3.8) is 0 Å². The minimum absolute atomic E-state index is 0.00629. The van der Waals surface area contributed by atoms with Gasteiger partial charge in [-0.3, -0.25) is 4.98 Å². The topological polar surface area (TPSA) is 51.8 Å². The first-order valence-corrected chi connectivity index (χ1v) is 7.29. The van der Waals surface area contributed by atoms with Crippen LogP contribution in [0.4, 0.5) is 0 Å². The van der Waals surface area contributed by atoms with Crippen molar-refractivity contribution in [2.24, 2.45) is 11.7 Å². The largest absolute Gasteiger partial charge is 0.323 e. The van der Waals surface area contributed by atoms with Crippen LogP contribution in [0, 0.1) is 5.92 Å². The van der Waals surface area contributed by atoms with E-state index in [4.69, 9.17) is 5.73 Å². The summed E-state index contributed by atoms with van der Waals surface area (Å²) in [5.41, 5.74) is 7.58. The Morgan fingerprint density at radius 3 is 2.42 bits per heavy atom. The second-order valence-electron chi connectivity index (χ2n) is 4.81. The maximum absolute atomic E-state index is 6.42. The van der Waals surface area contributed by atoms with Gasteiger partial charge in [-0.15, -0.1) is 0 Å². The van der Waals surface area contributed by atoms with E-state index in [-0.39, 0.29) is 11.3 Å². The summed E-state index contributed by atoms with van der Waals surface area (Å²) in [5, 5.41) is 1.20. The van der Waals surface area contributed by atoms with Gasteiger partial charge >= 0.3 is 0 Å². The van der Waals surface area contributed by atoms with Crippen LogP contribution in [-0.4, -0.2) is 15.2 Å². The highest BCUT2D eigenvalue weighted by atomic mass is 32.2. The number of rotatable bonds is 5. The van der Waals surface area contributed by atoms with Gasteiger partial charge in [0.05, 0.1) is 6.20 Å². The van der Waals surface area contributed by atoms with E-state index in [0.29, 0.717) is 5.92 Å². The first kappa shape index (κ1) is 14.0. The van der Waals surface area contributed by atoms with Gasteiger partial charge in [-0.1, -0.05) is 55.9 Å². The summed E-state index contributed by atoms with van der Waals surface area (Å²) in [7, 11) is 0. The summed E-state index contributed by atoms with van der Waals surface area (Å²) in [5.74, 6) is 0.460. The molecule has 0 aliphatic carbocycles. The van der Waals surface area contributed by atoms with Crippen LogP contribution < -0.4 is 5.73 Å². The number of aromatic nitrogens is 2. The lowest BCUT2D eigenvalue weighted by molar-refractivity contribution is 0.527. The molecule has 100 valence electrons. The lowest BCUT2D eigenvalue weighted by atomic mass is 9.97. The Bertz CT molecular complexity index is 487. The third kappa shape index (κ3) is 3.78. The quantitative estimate of drug-likeness (QED) is 0.849. The Balaban J connectivity index is 2.17. The van der Waals surface area contributed by atoms with Gasteiger partial charge in [0.25, 0.3) is 0 Å². The Morgan fingerprint density at radius 2 is 1.84 bits per heavy atom. The molecule has 2 rings (SSSR count). The van der Waals surface area contributed by atoms with Crippen LogP contribution in [0.25, 0.3) is 0 Å². The van der Waals surface area contributed by atoms with Crippen LogP contribution in [-0.2, 0) is 0 Å². The molecule has 2 aromatic rings. The molecular weight excluding hydrogens is 254 g/mol. The Kier molecular flexibility index (Phi) is 4.93. The van der Waals surface area contributed by atoms with Gasteiger partial charge in [-0.25, -0.2) is 4.98 Å². The van der Waals surface area contributed by atoms with Gasteiger partial charge in [0, 0.05) is 23.7 Å². The van der Waals surface area contributed by atoms with E-state index in [0.717, 1.165) is 10.6 Å². The highest BCUT2D eigenvalue weighted by Gasteiger charge is 2.24. The van der Waals surface area contributed by atoms with Crippen LogP contribution in [0.5, 0.6) is 0 Å². The molecule has 4 heteroatoms. The van der Waals surface area contributed by atoms with E-state index in [2.05, 4.69) is 35.9 Å². The van der Waals surface area contributed by atoms with Gasteiger partial charge in [0.15, 0.2) is 0 Å². The molecular formula is C15H19N3S. The summed E-state index contributed by atoms with van der Waals surface area (Å²) >= 11 is 1.70. The van der Waals surface area contributed by atoms with Gasteiger partial charge in [0.2, 0.25) is 0 Å². The van der Waals surface area contributed by atoms with Crippen molar-refractivity contribution in [2.75, 3.05) is 0 Å². The molecule has 0 aliphatic rings. The van der Waals surface area contributed by atoms with E-state index in [9.17, 15) is 0 Å². The van der Waals surface area contributed by atoms with E-state index in [1.165, 1.54) is 0 Å². The fourth-order valence-electron chi connectivity index (χ4n) is 1.97. The summed E-state index contributed by atoms with van der Waals surface area (Å²) < 4.78 is 0. The molecule has 2 N–H and O–H groups in total. The third-order valence-corrected chi connectivity index (χ3v) is 4.55. The molecule has 0 saturated heterocycles. The molecule has 1 aromatic heterocycles. The minimum atomic E-state index is -0.00629. The summed E-state index contributed by atoms with van der Waals surface area (Å²) in [4.78, 5) is 8.43. The maximum atomic E-state index is 6.42. The van der Waals surface area contributed by atoms with E-state index in [1.807, 2.05) is 18.2 Å². The number of nitrogens with two attached hydrogens (primary N) is 1. The minimum Gasteiger partial charge on any atom is -0.323 e. The Labute approximate surface area is 118 Å². The van der Waals surface area contributed by atoms with Crippen LogP contribution in [0.3, 0.4) is 0 Å². The molecule has 1 aromatic carbocycles. The van der Waals surface area contributed by atoms with E-state index < -0.39 is 0 Å². The normalized spacial score (nSPS) is 14.3. The zero-order valence-electron chi connectivity index (χ0n) is 11.2. The zero-order chi connectivity index (χ0) is 13.7. The van der Waals surface area contributed by atoms with Crippen molar-refractivity contribution in [1.29, 1.82) is 0 Å².